The third kappa shape index (κ3) is 4.31. The van der Waals surface area contributed by atoms with E-state index in [1.807, 2.05) is 0 Å². The van der Waals surface area contributed by atoms with Gasteiger partial charge in [-0.25, -0.2) is 9.18 Å². The predicted molar refractivity (Wildman–Crippen MR) is 97.0 cm³/mol. The lowest BCUT2D eigenvalue weighted by Gasteiger charge is -2.18. The van der Waals surface area contributed by atoms with Gasteiger partial charge < -0.3 is 15.3 Å². The highest BCUT2D eigenvalue weighted by molar-refractivity contribution is 6.00. The zero-order valence-electron chi connectivity index (χ0n) is 14.5. The number of benzene rings is 2. The van der Waals surface area contributed by atoms with Crippen molar-refractivity contribution < 1.29 is 23.9 Å². The summed E-state index contributed by atoms with van der Waals surface area (Å²) < 4.78 is 14.2. The summed E-state index contributed by atoms with van der Waals surface area (Å²) in [6.07, 6.45) is 1.20. The molecule has 0 unspecified atom stereocenters. The van der Waals surface area contributed by atoms with Crippen molar-refractivity contribution in [1.82, 2.24) is 5.32 Å². The Hall–Kier alpha value is -3.22. The molecule has 1 atom stereocenters. The lowest BCUT2D eigenvalue weighted by Crippen LogP contribution is -2.42. The molecular formula is C20H19FN2O4. The minimum Gasteiger partial charge on any atom is -0.480 e. The van der Waals surface area contributed by atoms with Crippen LogP contribution in [-0.2, 0) is 16.0 Å². The molecule has 0 aliphatic carbocycles. The topological polar surface area (TPSA) is 86.7 Å². The van der Waals surface area contributed by atoms with Gasteiger partial charge in [0.15, 0.2) is 0 Å². The summed E-state index contributed by atoms with van der Waals surface area (Å²) in [6.45, 7) is 0.511. The molecule has 1 saturated heterocycles. The molecule has 2 amide bonds. The van der Waals surface area contributed by atoms with Crippen LogP contribution in [0.25, 0.3) is 0 Å². The summed E-state index contributed by atoms with van der Waals surface area (Å²) in [7, 11) is 0. The second kappa shape index (κ2) is 7.99. The molecule has 2 N–H and O–H groups in total. The van der Waals surface area contributed by atoms with Crippen molar-refractivity contribution in [3.63, 3.8) is 0 Å². The number of anilines is 1. The molecule has 0 bridgehead atoms. The van der Waals surface area contributed by atoms with E-state index in [0.717, 1.165) is 11.6 Å². The summed E-state index contributed by atoms with van der Waals surface area (Å²) in [5.41, 5.74) is 0.882. The molecule has 2 aromatic rings. The average Bonchev–Trinajstić information content (AvgIpc) is 3.08. The number of carbonyl (C=O) groups excluding carboxylic acids is 2. The summed E-state index contributed by atoms with van der Waals surface area (Å²) in [5, 5.41) is 11.8. The quantitative estimate of drug-likeness (QED) is 0.817. The predicted octanol–water partition coefficient (Wildman–Crippen LogP) is 2.38. The maximum absolute atomic E-state index is 14.2. The first-order valence-electron chi connectivity index (χ1n) is 8.63. The van der Waals surface area contributed by atoms with Crippen LogP contribution in [0.1, 0.15) is 28.8 Å². The van der Waals surface area contributed by atoms with E-state index in [2.05, 4.69) is 5.32 Å². The van der Waals surface area contributed by atoms with Gasteiger partial charge in [0, 0.05) is 25.1 Å². The van der Waals surface area contributed by atoms with Gasteiger partial charge in [-0.1, -0.05) is 30.3 Å². The molecule has 6 nitrogen and oxygen atoms in total. The third-order valence-corrected chi connectivity index (χ3v) is 4.47. The number of amides is 2. The van der Waals surface area contributed by atoms with Crippen molar-refractivity contribution in [2.75, 3.05) is 11.4 Å². The standard InChI is InChI=1S/C20H19FN2O4/c21-16-9-8-14(23-10-4-7-18(23)24)12-15(16)19(25)22-17(20(26)27)11-13-5-2-1-3-6-13/h1-3,5-6,8-9,12,17H,4,7,10-11H2,(H,22,25)(H,26,27)/t17-/m0/s1. The van der Waals surface area contributed by atoms with E-state index in [4.69, 9.17) is 0 Å². The van der Waals surface area contributed by atoms with Crippen LogP contribution >= 0.6 is 0 Å². The Bertz CT molecular complexity index is 870. The highest BCUT2D eigenvalue weighted by Crippen LogP contribution is 2.24. The van der Waals surface area contributed by atoms with Gasteiger partial charge in [0.2, 0.25) is 5.91 Å². The van der Waals surface area contributed by atoms with Crippen LogP contribution in [0.4, 0.5) is 10.1 Å². The fourth-order valence-electron chi connectivity index (χ4n) is 3.06. The van der Waals surface area contributed by atoms with Crippen molar-refractivity contribution in [2.24, 2.45) is 0 Å². The minimum atomic E-state index is -1.21. The number of rotatable bonds is 6. The SMILES string of the molecule is O=C(N[C@@H](Cc1ccccc1)C(=O)O)c1cc(N2CCCC2=O)ccc1F. The van der Waals surface area contributed by atoms with Crippen molar-refractivity contribution in [3.05, 3.63) is 65.5 Å². The Morgan fingerprint density at radius 1 is 1.19 bits per heavy atom. The van der Waals surface area contributed by atoms with E-state index in [1.54, 1.807) is 30.3 Å². The Morgan fingerprint density at radius 3 is 2.56 bits per heavy atom. The number of aliphatic carboxylic acids is 1. The Morgan fingerprint density at radius 2 is 1.93 bits per heavy atom. The summed E-state index contributed by atoms with van der Waals surface area (Å²) in [4.78, 5) is 37.4. The molecule has 3 rings (SSSR count). The smallest absolute Gasteiger partial charge is 0.326 e. The molecule has 2 aromatic carbocycles. The van der Waals surface area contributed by atoms with Crippen molar-refractivity contribution in [3.8, 4) is 0 Å². The number of carboxylic acids is 1. The van der Waals surface area contributed by atoms with Crippen molar-refractivity contribution in [2.45, 2.75) is 25.3 Å². The average molecular weight is 370 g/mol. The first-order chi connectivity index (χ1) is 13.0. The fourth-order valence-corrected chi connectivity index (χ4v) is 3.06. The summed E-state index contributed by atoms with van der Waals surface area (Å²) >= 11 is 0. The minimum absolute atomic E-state index is 0.0772. The lowest BCUT2D eigenvalue weighted by atomic mass is 10.1. The number of hydrogen-bond acceptors (Lipinski definition) is 3. The van der Waals surface area contributed by atoms with Crippen LogP contribution in [0.3, 0.4) is 0 Å². The highest BCUT2D eigenvalue weighted by atomic mass is 19.1. The van der Waals surface area contributed by atoms with Crippen LogP contribution < -0.4 is 10.2 Å². The van der Waals surface area contributed by atoms with Gasteiger partial charge in [0.05, 0.1) is 5.56 Å². The molecule has 1 heterocycles. The molecule has 7 heteroatoms. The Labute approximate surface area is 155 Å². The lowest BCUT2D eigenvalue weighted by molar-refractivity contribution is -0.139. The third-order valence-electron chi connectivity index (χ3n) is 4.47. The van der Waals surface area contributed by atoms with Crippen molar-refractivity contribution >= 4 is 23.5 Å². The van der Waals surface area contributed by atoms with E-state index in [0.29, 0.717) is 25.1 Å². The molecule has 1 fully saturated rings. The molecule has 27 heavy (non-hydrogen) atoms. The molecular weight excluding hydrogens is 351 g/mol. The number of carbonyl (C=O) groups is 3. The van der Waals surface area contributed by atoms with Gasteiger partial charge in [-0.15, -0.1) is 0 Å². The first-order valence-corrected chi connectivity index (χ1v) is 8.63. The van der Waals surface area contributed by atoms with Gasteiger partial charge >= 0.3 is 5.97 Å². The van der Waals surface area contributed by atoms with Gasteiger partial charge in [0.1, 0.15) is 11.9 Å². The maximum Gasteiger partial charge on any atom is 0.326 e. The maximum atomic E-state index is 14.2. The molecule has 0 radical (unpaired) electrons. The normalized spacial score (nSPS) is 14.9. The molecule has 0 aromatic heterocycles. The first kappa shape index (κ1) is 18.6. The van der Waals surface area contributed by atoms with E-state index in [9.17, 15) is 23.9 Å². The molecule has 1 aliphatic rings. The van der Waals surface area contributed by atoms with Crippen LogP contribution in [0.2, 0.25) is 0 Å². The van der Waals surface area contributed by atoms with E-state index < -0.39 is 23.7 Å². The Balaban J connectivity index is 1.79. The Kier molecular flexibility index (Phi) is 5.49. The second-order valence-corrected chi connectivity index (χ2v) is 6.37. The molecule has 140 valence electrons. The van der Waals surface area contributed by atoms with Crippen LogP contribution in [0.15, 0.2) is 48.5 Å². The number of halogens is 1. The van der Waals surface area contributed by atoms with E-state index in [-0.39, 0.29) is 17.9 Å². The van der Waals surface area contributed by atoms with E-state index in [1.165, 1.54) is 17.0 Å². The van der Waals surface area contributed by atoms with Crippen LogP contribution in [-0.4, -0.2) is 35.5 Å². The zero-order valence-corrected chi connectivity index (χ0v) is 14.5. The monoisotopic (exact) mass is 370 g/mol. The van der Waals surface area contributed by atoms with Gasteiger partial charge in [0.25, 0.3) is 5.91 Å². The van der Waals surface area contributed by atoms with Crippen LogP contribution in [0, 0.1) is 5.82 Å². The number of nitrogens with zero attached hydrogens (tertiary/aromatic N) is 1. The van der Waals surface area contributed by atoms with Gasteiger partial charge in [-0.05, 0) is 30.2 Å². The molecule has 1 aliphatic heterocycles. The van der Waals surface area contributed by atoms with Crippen LogP contribution in [0.5, 0.6) is 0 Å². The number of carboxylic acid groups (broad SMARTS) is 1. The second-order valence-electron chi connectivity index (χ2n) is 6.37. The fraction of sp³-hybridized carbons (Fsp3) is 0.250. The summed E-state index contributed by atoms with van der Waals surface area (Å²) in [5.74, 6) is -2.89. The van der Waals surface area contributed by atoms with E-state index >= 15 is 0 Å². The number of hydrogen-bond donors (Lipinski definition) is 2. The number of nitrogens with one attached hydrogen (secondary N) is 1. The molecule has 0 saturated carbocycles. The van der Waals surface area contributed by atoms with Gasteiger partial charge in [-0.3, -0.25) is 9.59 Å². The zero-order chi connectivity index (χ0) is 19.4. The molecule has 0 spiro atoms. The van der Waals surface area contributed by atoms with Crippen molar-refractivity contribution in [1.29, 1.82) is 0 Å². The van der Waals surface area contributed by atoms with Gasteiger partial charge in [-0.2, -0.15) is 0 Å². The highest BCUT2D eigenvalue weighted by Gasteiger charge is 2.26. The summed E-state index contributed by atoms with van der Waals surface area (Å²) in [6, 6.07) is 11.5. The largest absolute Gasteiger partial charge is 0.480 e.